The Morgan fingerprint density at radius 3 is 2.43 bits per heavy atom. The maximum absolute atomic E-state index is 12.0. The van der Waals surface area contributed by atoms with Gasteiger partial charge in [-0.2, -0.15) is 10.4 Å². The van der Waals surface area contributed by atoms with E-state index in [-0.39, 0.29) is 12.3 Å². The largest absolute Gasteiger partial charge is 0.497 e. The van der Waals surface area contributed by atoms with E-state index in [2.05, 4.69) is 16.6 Å². The summed E-state index contributed by atoms with van der Waals surface area (Å²) in [5.74, 6) is 1.23. The Bertz CT molecular complexity index is 1050. The van der Waals surface area contributed by atoms with Crippen LogP contribution in [0.5, 0.6) is 11.5 Å². The molecule has 6 heteroatoms. The summed E-state index contributed by atoms with van der Waals surface area (Å²) in [7, 11) is 1.60. The van der Waals surface area contributed by atoms with E-state index < -0.39 is 0 Å². The number of hydrogen-bond acceptors (Lipinski definition) is 5. The third-order valence-corrected chi connectivity index (χ3v) is 4.34. The SMILES string of the molecule is COc1ccc(CC(=O)NN=Cc2ccc(OCc3ccccc3C#N)cc2)cc1. The Kier molecular flexibility index (Phi) is 7.17. The van der Waals surface area contributed by atoms with Crippen LogP contribution in [-0.4, -0.2) is 19.2 Å². The summed E-state index contributed by atoms with van der Waals surface area (Å²) in [5.41, 5.74) is 5.66. The lowest BCUT2D eigenvalue weighted by molar-refractivity contribution is -0.120. The summed E-state index contributed by atoms with van der Waals surface area (Å²) in [4.78, 5) is 12.0. The molecule has 3 aromatic carbocycles. The van der Waals surface area contributed by atoms with E-state index in [4.69, 9.17) is 14.7 Å². The van der Waals surface area contributed by atoms with Crippen LogP contribution in [0.1, 0.15) is 22.3 Å². The molecule has 0 saturated heterocycles. The average Bonchev–Trinajstić information content (AvgIpc) is 2.79. The van der Waals surface area contributed by atoms with E-state index in [1.165, 1.54) is 0 Å². The van der Waals surface area contributed by atoms with Crippen molar-refractivity contribution in [3.8, 4) is 17.6 Å². The number of nitrogens with one attached hydrogen (secondary N) is 1. The van der Waals surface area contributed by atoms with Crippen LogP contribution in [0.3, 0.4) is 0 Å². The molecule has 0 unspecified atom stereocenters. The topological polar surface area (TPSA) is 83.7 Å². The van der Waals surface area contributed by atoms with Crippen LogP contribution in [-0.2, 0) is 17.8 Å². The van der Waals surface area contributed by atoms with E-state index in [0.29, 0.717) is 17.9 Å². The lowest BCUT2D eigenvalue weighted by Gasteiger charge is -2.07. The highest BCUT2D eigenvalue weighted by atomic mass is 16.5. The minimum atomic E-state index is -0.201. The molecule has 3 aromatic rings. The monoisotopic (exact) mass is 399 g/mol. The molecule has 150 valence electrons. The summed E-state index contributed by atoms with van der Waals surface area (Å²) >= 11 is 0. The van der Waals surface area contributed by atoms with E-state index in [0.717, 1.165) is 22.4 Å². The van der Waals surface area contributed by atoms with E-state index >= 15 is 0 Å². The molecule has 30 heavy (non-hydrogen) atoms. The second-order valence-corrected chi connectivity index (χ2v) is 6.44. The lowest BCUT2D eigenvalue weighted by atomic mass is 10.1. The molecule has 6 nitrogen and oxygen atoms in total. The summed E-state index contributed by atoms with van der Waals surface area (Å²) < 4.78 is 10.8. The van der Waals surface area contributed by atoms with Crippen molar-refractivity contribution in [2.45, 2.75) is 13.0 Å². The lowest BCUT2D eigenvalue weighted by Crippen LogP contribution is -2.19. The highest BCUT2D eigenvalue weighted by molar-refractivity contribution is 5.83. The van der Waals surface area contributed by atoms with Crippen molar-refractivity contribution in [2.75, 3.05) is 7.11 Å². The molecule has 1 N–H and O–H groups in total. The smallest absolute Gasteiger partial charge is 0.244 e. The molecule has 3 rings (SSSR count). The fourth-order valence-corrected chi connectivity index (χ4v) is 2.71. The predicted octanol–water partition coefficient (Wildman–Crippen LogP) is 3.84. The Labute approximate surface area is 175 Å². The fraction of sp³-hybridized carbons (Fsp3) is 0.125. The van der Waals surface area contributed by atoms with Crippen molar-refractivity contribution >= 4 is 12.1 Å². The van der Waals surface area contributed by atoms with Gasteiger partial charge in [0.25, 0.3) is 0 Å². The number of ether oxygens (including phenoxy) is 2. The molecule has 0 fully saturated rings. The maximum Gasteiger partial charge on any atom is 0.244 e. The first-order valence-electron chi connectivity index (χ1n) is 9.33. The molecule has 0 spiro atoms. The molecule has 0 aliphatic heterocycles. The fourth-order valence-electron chi connectivity index (χ4n) is 2.71. The number of nitrogens with zero attached hydrogens (tertiary/aromatic N) is 2. The molecule has 1 amide bonds. The zero-order chi connectivity index (χ0) is 21.2. The van der Waals surface area contributed by atoms with Crippen LogP contribution in [0, 0.1) is 11.3 Å². The van der Waals surface area contributed by atoms with Gasteiger partial charge in [-0.05, 0) is 53.6 Å². The number of rotatable bonds is 8. The Balaban J connectivity index is 1.48. The van der Waals surface area contributed by atoms with Crippen molar-refractivity contribution in [3.05, 3.63) is 95.1 Å². The van der Waals surface area contributed by atoms with Crippen LogP contribution < -0.4 is 14.9 Å². The zero-order valence-electron chi connectivity index (χ0n) is 16.5. The van der Waals surface area contributed by atoms with Crippen molar-refractivity contribution < 1.29 is 14.3 Å². The number of methoxy groups -OCH3 is 1. The van der Waals surface area contributed by atoms with Gasteiger partial charge in [-0.25, -0.2) is 5.43 Å². The van der Waals surface area contributed by atoms with Crippen molar-refractivity contribution in [2.24, 2.45) is 5.10 Å². The van der Waals surface area contributed by atoms with Gasteiger partial charge >= 0.3 is 0 Å². The normalized spacial score (nSPS) is 10.4. The van der Waals surface area contributed by atoms with E-state index in [9.17, 15) is 4.79 Å². The minimum Gasteiger partial charge on any atom is -0.497 e. The predicted molar refractivity (Wildman–Crippen MR) is 114 cm³/mol. The molecular formula is C24H21N3O3. The van der Waals surface area contributed by atoms with Crippen LogP contribution in [0.25, 0.3) is 0 Å². The van der Waals surface area contributed by atoms with Crippen molar-refractivity contribution in [3.63, 3.8) is 0 Å². The van der Waals surface area contributed by atoms with E-state index in [1.807, 2.05) is 66.7 Å². The van der Waals surface area contributed by atoms with Crippen LogP contribution in [0.2, 0.25) is 0 Å². The number of hydrogen-bond donors (Lipinski definition) is 1. The van der Waals surface area contributed by atoms with Gasteiger partial charge in [0, 0.05) is 5.56 Å². The third-order valence-electron chi connectivity index (χ3n) is 4.34. The summed E-state index contributed by atoms with van der Waals surface area (Å²) in [5, 5.41) is 13.1. The number of amides is 1. The quantitative estimate of drug-likeness (QED) is 0.461. The molecule has 0 aliphatic rings. The molecule has 0 radical (unpaired) electrons. The number of nitriles is 1. The molecule has 0 aliphatic carbocycles. The van der Waals surface area contributed by atoms with Gasteiger partial charge in [0.2, 0.25) is 5.91 Å². The summed E-state index contributed by atoms with van der Waals surface area (Å²) in [6.45, 7) is 0.318. The Hall–Kier alpha value is -4.11. The highest BCUT2D eigenvalue weighted by Crippen LogP contribution is 2.15. The summed E-state index contributed by atoms with van der Waals surface area (Å²) in [6, 6.07) is 24.1. The first-order chi connectivity index (χ1) is 14.7. The highest BCUT2D eigenvalue weighted by Gasteiger charge is 2.03. The first kappa shape index (κ1) is 20.6. The third kappa shape index (κ3) is 5.94. The van der Waals surface area contributed by atoms with Crippen LogP contribution >= 0.6 is 0 Å². The second-order valence-electron chi connectivity index (χ2n) is 6.44. The molecule has 0 bridgehead atoms. The maximum atomic E-state index is 12.0. The van der Waals surface area contributed by atoms with E-state index in [1.54, 1.807) is 19.4 Å². The van der Waals surface area contributed by atoms with Gasteiger partial charge in [0.15, 0.2) is 0 Å². The zero-order valence-corrected chi connectivity index (χ0v) is 16.5. The second kappa shape index (κ2) is 10.4. The molecule has 0 heterocycles. The number of carbonyl (C=O) groups excluding carboxylic acids is 1. The molecule has 0 aromatic heterocycles. The van der Waals surface area contributed by atoms with Gasteiger partial charge in [0.05, 0.1) is 31.4 Å². The van der Waals surface area contributed by atoms with Crippen LogP contribution in [0.4, 0.5) is 0 Å². The number of carbonyl (C=O) groups is 1. The van der Waals surface area contributed by atoms with Gasteiger partial charge < -0.3 is 9.47 Å². The standard InChI is InChI=1S/C24H21N3O3/c1-29-22-10-6-18(7-11-22)14-24(28)27-26-16-19-8-12-23(13-9-19)30-17-21-5-3-2-4-20(21)15-25/h2-13,16H,14,17H2,1H3,(H,27,28). The van der Waals surface area contributed by atoms with Gasteiger partial charge in [-0.3, -0.25) is 4.79 Å². The summed E-state index contributed by atoms with van der Waals surface area (Å²) in [6.07, 6.45) is 1.80. The average molecular weight is 399 g/mol. The first-order valence-corrected chi connectivity index (χ1v) is 9.33. The molecule has 0 saturated carbocycles. The van der Waals surface area contributed by atoms with Gasteiger partial charge in [-0.1, -0.05) is 30.3 Å². The van der Waals surface area contributed by atoms with Crippen molar-refractivity contribution in [1.29, 1.82) is 5.26 Å². The molecule has 0 atom stereocenters. The Morgan fingerprint density at radius 2 is 1.73 bits per heavy atom. The Morgan fingerprint density at radius 1 is 1.03 bits per heavy atom. The van der Waals surface area contributed by atoms with Gasteiger partial charge in [-0.15, -0.1) is 0 Å². The number of benzene rings is 3. The van der Waals surface area contributed by atoms with Crippen LogP contribution in [0.15, 0.2) is 77.9 Å². The van der Waals surface area contributed by atoms with Crippen molar-refractivity contribution in [1.82, 2.24) is 5.43 Å². The molecular weight excluding hydrogens is 378 g/mol. The number of hydrazone groups is 1. The van der Waals surface area contributed by atoms with Gasteiger partial charge in [0.1, 0.15) is 18.1 Å². The minimum absolute atomic E-state index is 0.201.